The second-order valence-electron chi connectivity index (χ2n) is 6.91. The number of amides is 1. The van der Waals surface area contributed by atoms with Gasteiger partial charge < -0.3 is 14.2 Å². The Bertz CT molecular complexity index is 1340. The van der Waals surface area contributed by atoms with Crippen molar-refractivity contribution in [2.75, 3.05) is 19.1 Å². The number of primary sulfonamides is 1. The van der Waals surface area contributed by atoms with Crippen molar-refractivity contribution in [2.45, 2.75) is 18.0 Å². The maximum Gasteiger partial charge on any atom is 0.414 e. The van der Waals surface area contributed by atoms with E-state index in [2.05, 4.69) is 4.98 Å². The van der Waals surface area contributed by atoms with Gasteiger partial charge in [0.05, 0.1) is 36.9 Å². The number of pyridine rings is 1. The largest absolute Gasteiger partial charge is 0.493 e. The summed E-state index contributed by atoms with van der Waals surface area (Å²) < 4.78 is 67.9. The van der Waals surface area contributed by atoms with E-state index in [0.717, 1.165) is 4.90 Å². The number of fused-ring (bicyclic) bond motifs is 3. The number of hydrogen-bond acceptors (Lipinski definition) is 7. The molecule has 1 aliphatic rings. The van der Waals surface area contributed by atoms with E-state index < -0.39 is 44.8 Å². The molecule has 0 radical (unpaired) electrons. The molecule has 3 aromatic rings. The third-order valence-electron chi connectivity index (χ3n) is 5.02. The molecule has 0 atom stereocenters. The lowest BCUT2D eigenvalue weighted by molar-refractivity contribution is 0.141. The molecule has 1 aliphatic heterocycles. The first-order chi connectivity index (χ1) is 15.1. The second kappa shape index (κ2) is 7.88. The molecule has 4 rings (SSSR count). The maximum atomic E-state index is 14.6. The number of sulfonamides is 1. The molecule has 32 heavy (non-hydrogen) atoms. The highest BCUT2D eigenvalue weighted by molar-refractivity contribution is 7.89. The van der Waals surface area contributed by atoms with Gasteiger partial charge in [0.15, 0.2) is 11.5 Å². The Morgan fingerprint density at radius 3 is 2.34 bits per heavy atom. The van der Waals surface area contributed by atoms with Crippen molar-refractivity contribution < 1.29 is 36.2 Å². The van der Waals surface area contributed by atoms with Crippen LogP contribution in [0.2, 0.25) is 0 Å². The molecule has 0 fully saturated rings. The van der Waals surface area contributed by atoms with Crippen LogP contribution in [0.3, 0.4) is 0 Å². The molecule has 12 heteroatoms. The summed E-state index contributed by atoms with van der Waals surface area (Å²) in [6.07, 6.45) is 0.647. The summed E-state index contributed by atoms with van der Waals surface area (Å²) in [5.41, 5.74) is 0.757. The number of carbonyl (C=O) groups is 1. The lowest BCUT2D eigenvalue weighted by atomic mass is 10.1. The minimum absolute atomic E-state index is 0.0860. The molecule has 2 aromatic carbocycles. The van der Waals surface area contributed by atoms with Crippen LogP contribution in [0.25, 0.3) is 10.9 Å². The smallest absolute Gasteiger partial charge is 0.414 e. The average Bonchev–Trinajstić information content (AvgIpc) is 2.75. The van der Waals surface area contributed by atoms with Gasteiger partial charge in [-0.3, -0.25) is 9.88 Å². The van der Waals surface area contributed by atoms with Gasteiger partial charge in [-0.05, 0) is 18.2 Å². The van der Waals surface area contributed by atoms with Crippen molar-refractivity contribution in [3.05, 3.63) is 53.2 Å². The first-order valence-corrected chi connectivity index (χ1v) is 10.7. The quantitative estimate of drug-likeness (QED) is 0.615. The van der Waals surface area contributed by atoms with Crippen LogP contribution < -0.4 is 19.5 Å². The summed E-state index contributed by atoms with van der Waals surface area (Å²) in [6.45, 7) is -0.654. The van der Waals surface area contributed by atoms with Gasteiger partial charge in [-0.15, -0.1) is 0 Å². The van der Waals surface area contributed by atoms with Gasteiger partial charge in [-0.2, -0.15) is 0 Å². The summed E-state index contributed by atoms with van der Waals surface area (Å²) in [7, 11) is -1.42. The molecule has 1 amide bonds. The molecule has 0 bridgehead atoms. The zero-order valence-electron chi connectivity index (χ0n) is 16.9. The van der Waals surface area contributed by atoms with E-state index in [1.807, 2.05) is 0 Å². The number of hydrogen-bond donors (Lipinski definition) is 1. The SMILES string of the molecule is COc1cc2ncc3c(c2cc1OC)N(Cc1c(F)cc(S(N)(=O)=O)cc1F)C(=O)OC3. The van der Waals surface area contributed by atoms with Crippen LogP contribution in [0.15, 0.2) is 35.4 Å². The van der Waals surface area contributed by atoms with Crippen LogP contribution in [0.5, 0.6) is 11.5 Å². The predicted octanol–water partition coefficient (Wildman–Crippen LogP) is 2.83. The molecule has 0 saturated heterocycles. The van der Waals surface area contributed by atoms with Crippen molar-refractivity contribution in [1.29, 1.82) is 0 Å². The third-order valence-corrected chi connectivity index (χ3v) is 5.91. The normalized spacial score (nSPS) is 13.7. The molecule has 9 nitrogen and oxygen atoms in total. The summed E-state index contributed by atoms with van der Waals surface area (Å²) in [5.74, 6) is -1.57. The number of halogens is 2. The highest BCUT2D eigenvalue weighted by Gasteiger charge is 2.31. The molecule has 0 unspecified atom stereocenters. The maximum absolute atomic E-state index is 14.6. The Morgan fingerprint density at radius 2 is 1.75 bits per heavy atom. The van der Waals surface area contributed by atoms with Crippen LogP contribution in [-0.4, -0.2) is 33.7 Å². The van der Waals surface area contributed by atoms with Crippen molar-refractivity contribution >= 4 is 32.7 Å². The number of nitrogens with zero attached hydrogens (tertiary/aromatic N) is 2. The Balaban J connectivity index is 1.88. The Labute approximate surface area is 181 Å². The monoisotopic (exact) mass is 465 g/mol. The molecule has 2 N–H and O–H groups in total. The molecular weight excluding hydrogens is 448 g/mol. The van der Waals surface area contributed by atoms with E-state index in [0.29, 0.717) is 45.8 Å². The van der Waals surface area contributed by atoms with Gasteiger partial charge in [0.1, 0.15) is 18.2 Å². The van der Waals surface area contributed by atoms with Crippen molar-refractivity contribution in [2.24, 2.45) is 5.14 Å². The van der Waals surface area contributed by atoms with E-state index in [9.17, 15) is 22.0 Å². The average molecular weight is 465 g/mol. The number of aromatic nitrogens is 1. The number of carbonyl (C=O) groups excluding carboxylic acids is 1. The van der Waals surface area contributed by atoms with Crippen LogP contribution in [0.1, 0.15) is 11.1 Å². The van der Waals surface area contributed by atoms with Crippen molar-refractivity contribution in [3.63, 3.8) is 0 Å². The standard InChI is InChI=1S/C20H17F2N3O6S/c1-29-17-5-12-16(6-18(17)30-2)24-7-10-9-31-20(26)25(19(10)12)8-13-14(21)3-11(4-15(13)22)32(23,27)28/h3-7H,8-9H2,1-2H3,(H2,23,27,28). The van der Waals surface area contributed by atoms with E-state index in [-0.39, 0.29) is 6.61 Å². The highest BCUT2D eigenvalue weighted by Crippen LogP contribution is 2.40. The zero-order chi connectivity index (χ0) is 23.2. The fraction of sp³-hybridized carbons (Fsp3) is 0.200. The fourth-order valence-corrected chi connectivity index (χ4v) is 4.01. The molecule has 0 saturated carbocycles. The number of nitrogens with two attached hydrogens (primary N) is 1. The fourth-order valence-electron chi connectivity index (χ4n) is 3.48. The minimum Gasteiger partial charge on any atom is -0.493 e. The molecule has 0 spiro atoms. The minimum atomic E-state index is -4.32. The van der Waals surface area contributed by atoms with E-state index >= 15 is 0 Å². The van der Waals surface area contributed by atoms with Crippen molar-refractivity contribution in [1.82, 2.24) is 4.98 Å². The third kappa shape index (κ3) is 3.67. The Kier molecular flexibility index (Phi) is 5.34. The van der Waals surface area contributed by atoms with E-state index in [4.69, 9.17) is 19.3 Å². The molecule has 0 aliphatic carbocycles. The lowest BCUT2D eigenvalue weighted by Crippen LogP contribution is -2.36. The van der Waals surface area contributed by atoms with Crippen LogP contribution in [-0.2, 0) is 27.9 Å². The summed E-state index contributed by atoms with van der Waals surface area (Å²) in [4.78, 5) is 17.3. The molecule has 1 aromatic heterocycles. The number of rotatable bonds is 5. The van der Waals surface area contributed by atoms with Gasteiger partial charge in [0.25, 0.3) is 0 Å². The first-order valence-electron chi connectivity index (χ1n) is 9.12. The first kappa shape index (κ1) is 21.7. The topological polar surface area (TPSA) is 121 Å². The molecular formula is C20H17F2N3O6S. The van der Waals surface area contributed by atoms with E-state index in [1.54, 1.807) is 12.1 Å². The van der Waals surface area contributed by atoms with Gasteiger partial charge in [-0.1, -0.05) is 0 Å². The molecule has 168 valence electrons. The molecule has 2 heterocycles. The van der Waals surface area contributed by atoms with Gasteiger partial charge in [0, 0.05) is 28.8 Å². The van der Waals surface area contributed by atoms with Crippen LogP contribution in [0.4, 0.5) is 19.3 Å². The Hall–Kier alpha value is -3.51. The van der Waals surface area contributed by atoms with Crippen LogP contribution in [0, 0.1) is 11.6 Å². The number of cyclic esters (lactones) is 1. The lowest BCUT2D eigenvalue weighted by Gasteiger charge is -2.30. The van der Waals surface area contributed by atoms with Gasteiger partial charge in [-0.25, -0.2) is 27.1 Å². The highest BCUT2D eigenvalue weighted by atomic mass is 32.2. The number of methoxy groups -OCH3 is 2. The number of benzene rings is 2. The Morgan fingerprint density at radius 1 is 1.12 bits per heavy atom. The van der Waals surface area contributed by atoms with Gasteiger partial charge >= 0.3 is 6.09 Å². The van der Waals surface area contributed by atoms with Gasteiger partial charge in [0.2, 0.25) is 10.0 Å². The van der Waals surface area contributed by atoms with Crippen molar-refractivity contribution in [3.8, 4) is 11.5 Å². The summed E-state index contributed by atoms with van der Waals surface area (Å²) in [6, 6.07) is 4.40. The van der Waals surface area contributed by atoms with E-state index in [1.165, 1.54) is 20.4 Å². The predicted molar refractivity (Wildman–Crippen MR) is 109 cm³/mol. The zero-order valence-corrected chi connectivity index (χ0v) is 17.7. The second-order valence-corrected chi connectivity index (χ2v) is 8.47. The number of ether oxygens (including phenoxy) is 3. The number of anilines is 1. The summed E-state index contributed by atoms with van der Waals surface area (Å²) in [5, 5.41) is 5.42. The van der Waals surface area contributed by atoms with Crippen LogP contribution >= 0.6 is 0 Å². The summed E-state index contributed by atoms with van der Waals surface area (Å²) >= 11 is 0.